The monoisotopic (exact) mass is 364 g/mol. The second-order valence-electron chi connectivity index (χ2n) is 6.50. The predicted molar refractivity (Wildman–Crippen MR) is 92.9 cm³/mol. The minimum Gasteiger partial charge on any atom is -0.480 e. The minimum absolute atomic E-state index is 0.000601. The molecule has 2 aromatic rings. The van der Waals surface area contributed by atoms with Gasteiger partial charge in [0, 0.05) is 29.9 Å². The average Bonchev–Trinajstić information content (AvgIpc) is 3.10. The van der Waals surface area contributed by atoms with Gasteiger partial charge in [-0.2, -0.15) is 0 Å². The summed E-state index contributed by atoms with van der Waals surface area (Å²) in [7, 11) is -3.05. The predicted octanol–water partition coefficient (Wildman–Crippen LogP) is 1.10. The van der Waals surface area contributed by atoms with Crippen molar-refractivity contribution in [2.24, 2.45) is 5.92 Å². The van der Waals surface area contributed by atoms with E-state index in [-0.39, 0.29) is 30.3 Å². The number of benzene rings is 1. The van der Waals surface area contributed by atoms with E-state index in [9.17, 15) is 23.1 Å². The van der Waals surface area contributed by atoms with Gasteiger partial charge >= 0.3 is 5.97 Å². The van der Waals surface area contributed by atoms with Crippen LogP contribution < -0.4 is 5.32 Å². The van der Waals surface area contributed by atoms with Gasteiger partial charge in [-0.25, -0.2) is 13.2 Å². The van der Waals surface area contributed by atoms with Gasteiger partial charge in [0.25, 0.3) is 0 Å². The summed E-state index contributed by atoms with van der Waals surface area (Å²) < 4.78 is 22.9. The van der Waals surface area contributed by atoms with Crippen molar-refractivity contribution < 1.29 is 23.1 Å². The highest BCUT2D eigenvalue weighted by Crippen LogP contribution is 2.22. The van der Waals surface area contributed by atoms with Crippen LogP contribution in [0.2, 0.25) is 0 Å². The number of H-pyrrole nitrogens is 1. The normalized spacial score (nSPS) is 20.4. The van der Waals surface area contributed by atoms with Crippen molar-refractivity contribution >= 4 is 32.6 Å². The van der Waals surface area contributed by atoms with Crippen LogP contribution in [0.3, 0.4) is 0 Å². The van der Waals surface area contributed by atoms with Crippen LogP contribution in [0.15, 0.2) is 30.5 Å². The Kier molecular flexibility index (Phi) is 4.80. The van der Waals surface area contributed by atoms with E-state index in [1.807, 2.05) is 24.3 Å². The number of sulfone groups is 1. The Hall–Kier alpha value is -2.35. The molecule has 1 saturated heterocycles. The Labute approximate surface area is 145 Å². The third-order valence-electron chi connectivity index (χ3n) is 4.53. The van der Waals surface area contributed by atoms with Crippen molar-refractivity contribution in [1.82, 2.24) is 10.3 Å². The molecule has 0 spiro atoms. The van der Waals surface area contributed by atoms with E-state index in [4.69, 9.17) is 0 Å². The number of nitrogens with one attached hydrogen (secondary N) is 2. The van der Waals surface area contributed by atoms with Gasteiger partial charge in [-0.05, 0) is 24.0 Å². The third-order valence-corrected chi connectivity index (χ3v) is 6.37. The number of carboxylic acids is 1. The summed E-state index contributed by atoms with van der Waals surface area (Å²) in [6, 6.07) is 6.49. The Morgan fingerprint density at radius 3 is 2.76 bits per heavy atom. The minimum atomic E-state index is -3.05. The number of amides is 1. The molecule has 1 fully saturated rings. The highest BCUT2D eigenvalue weighted by molar-refractivity contribution is 7.91. The molecule has 0 bridgehead atoms. The van der Waals surface area contributed by atoms with Crippen LogP contribution in [-0.2, 0) is 25.8 Å². The summed E-state index contributed by atoms with van der Waals surface area (Å²) in [4.78, 5) is 26.7. The zero-order valence-electron chi connectivity index (χ0n) is 13.6. The van der Waals surface area contributed by atoms with Crippen LogP contribution in [-0.4, -0.2) is 47.9 Å². The number of aromatic nitrogens is 1. The molecule has 3 N–H and O–H groups in total. The molecular weight excluding hydrogens is 344 g/mol. The number of aromatic amines is 1. The van der Waals surface area contributed by atoms with Gasteiger partial charge in [0.15, 0.2) is 9.84 Å². The molecule has 1 aromatic carbocycles. The molecule has 1 aliphatic rings. The fraction of sp³-hybridized carbons (Fsp3) is 0.412. The number of carboxylic acid groups (broad SMARTS) is 1. The maximum atomic E-state index is 12.1. The summed E-state index contributed by atoms with van der Waals surface area (Å²) >= 11 is 0. The summed E-state index contributed by atoms with van der Waals surface area (Å²) in [6.07, 6.45) is 2.40. The van der Waals surface area contributed by atoms with Crippen LogP contribution in [0.4, 0.5) is 0 Å². The molecule has 1 amide bonds. The van der Waals surface area contributed by atoms with E-state index in [1.54, 1.807) is 6.20 Å². The molecule has 7 nitrogen and oxygen atoms in total. The molecule has 3 rings (SSSR count). The lowest BCUT2D eigenvalue weighted by Crippen LogP contribution is -2.42. The number of carbonyl (C=O) groups is 2. The first-order chi connectivity index (χ1) is 11.8. The van der Waals surface area contributed by atoms with E-state index >= 15 is 0 Å². The van der Waals surface area contributed by atoms with Gasteiger partial charge in [-0.3, -0.25) is 4.79 Å². The van der Waals surface area contributed by atoms with Crippen molar-refractivity contribution in [2.45, 2.75) is 25.3 Å². The van der Waals surface area contributed by atoms with Gasteiger partial charge in [-0.15, -0.1) is 0 Å². The lowest BCUT2D eigenvalue weighted by atomic mass is 10.0. The molecule has 8 heteroatoms. The van der Waals surface area contributed by atoms with Crippen LogP contribution in [0.25, 0.3) is 10.9 Å². The number of hydrogen-bond acceptors (Lipinski definition) is 4. The van der Waals surface area contributed by atoms with E-state index < -0.39 is 27.8 Å². The highest BCUT2D eigenvalue weighted by Gasteiger charge is 2.30. The second-order valence-corrected chi connectivity index (χ2v) is 8.72. The number of fused-ring (bicyclic) bond motifs is 1. The van der Waals surface area contributed by atoms with Crippen molar-refractivity contribution in [3.63, 3.8) is 0 Å². The van der Waals surface area contributed by atoms with Crippen LogP contribution in [0.5, 0.6) is 0 Å². The first-order valence-corrected chi connectivity index (χ1v) is 9.94. The molecule has 134 valence electrons. The van der Waals surface area contributed by atoms with Crippen molar-refractivity contribution in [3.8, 4) is 0 Å². The SMILES string of the molecule is O=C(CC1CCS(=O)(=O)C1)N[C@@H](Cc1c[nH]c2ccccc12)C(=O)O. The highest BCUT2D eigenvalue weighted by atomic mass is 32.2. The Balaban J connectivity index is 1.65. The zero-order valence-corrected chi connectivity index (χ0v) is 14.4. The van der Waals surface area contributed by atoms with Crippen LogP contribution >= 0.6 is 0 Å². The molecule has 1 unspecified atom stereocenters. The molecule has 0 saturated carbocycles. The maximum Gasteiger partial charge on any atom is 0.326 e. The summed E-state index contributed by atoms with van der Waals surface area (Å²) in [5.41, 5.74) is 1.72. The topological polar surface area (TPSA) is 116 Å². The molecule has 1 aromatic heterocycles. The fourth-order valence-electron chi connectivity index (χ4n) is 3.27. The first kappa shape index (κ1) is 17.5. The van der Waals surface area contributed by atoms with Gasteiger partial charge in [-0.1, -0.05) is 18.2 Å². The molecular formula is C17H20N2O5S. The summed E-state index contributed by atoms with van der Waals surface area (Å²) in [5, 5.41) is 12.9. The van der Waals surface area contributed by atoms with Gasteiger partial charge in [0.1, 0.15) is 6.04 Å². The number of rotatable bonds is 6. The standard InChI is InChI=1S/C17H20N2O5S/c20-16(7-11-5-6-25(23,24)10-11)19-15(17(21)22)8-12-9-18-14-4-2-1-3-13(12)14/h1-4,9,11,15,18H,5-8,10H2,(H,19,20)(H,21,22)/t11?,15-/m0/s1. The van der Waals surface area contributed by atoms with Gasteiger partial charge in [0.05, 0.1) is 11.5 Å². The van der Waals surface area contributed by atoms with Crippen molar-refractivity contribution in [1.29, 1.82) is 0 Å². The van der Waals surface area contributed by atoms with Gasteiger partial charge < -0.3 is 15.4 Å². The first-order valence-electron chi connectivity index (χ1n) is 8.11. The number of para-hydroxylation sites is 1. The number of hydrogen-bond donors (Lipinski definition) is 3. The van der Waals surface area contributed by atoms with Crippen LogP contribution in [0, 0.1) is 5.92 Å². The molecule has 2 heterocycles. The van der Waals surface area contributed by atoms with Crippen molar-refractivity contribution in [3.05, 3.63) is 36.0 Å². The molecule has 0 radical (unpaired) electrons. The quantitative estimate of drug-likeness (QED) is 0.710. The Morgan fingerprint density at radius 2 is 2.08 bits per heavy atom. The summed E-state index contributed by atoms with van der Waals surface area (Å²) in [5.74, 6) is -1.66. The lowest BCUT2D eigenvalue weighted by molar-refractivity contribution is -0.141. The lowest BCUT2D eigenvalue weighted by Gasteiger charge is -2.15. The number of carbonyl (C=O) groups excluding carboxylic acids is 1. The zero-order chi connectivity index (χ0) is 18.0. The largest absolute Gasteiger partial charge is 0.480 e. The fourth-order valence-corrected chi connectivity index (χ4v) is 5.13. The Morgan fingerprint density at radius 1 is 1.32 bits per heavy atom. The van der Waals surface area contributed by atoms with Crippen LogP contribution in [0.1, 0.15) is 18.4 Å². The molecule has 25 heavy (non-hydrogen) atoms. The van der Waals surface area contributed by atoms with Crippen molar-refractivity contribution in [2.75, 3.05) is 11.5 Å². The average molecular weight is 364 g/mol. The second kappa shape index (κ2) is 6.87. The molecule has 2 atom stereocenters. The number of aliphatic carboxylic acids is 1. The smallest absolute Gasteiger partial charge is 0.326 e. The summed E-state index contributed by atoms with van der Waals surface area (Å²) in [6.45, 7) is 0. The third kappa shape index (κ3) is 4.19. The molecule has 1 aliphatic heterocycles. The maximum absolute atomic E-state index is 12.1. The van der Waals surface area contributed by atoms with Gasteiger partial charge in [0.2, 0.25) is 5.91 Å². The molecule has 0 aliphatic carbocycles. The van der Waals surface area contributed by atoms with E-state index in [1.165, 1.54) is 0 Å². The van der Waals surface area contributed by atoms with E-state index in [0.29, 0.717) is 6.42 Å². The Bertz CT molecular complexity index is 903. The van der Waals surface area contributed by atoms with E-state index in [0.717, 1.165) is 16.5 Å². The van der Waals surface area contributed by atoms with E-state index in [2.05, 4.69) is 10.3 Å².